The highest BCUT2D eigenvalue weighted by Crippen LogP contribution is 2.38. The maximum absolute atomic E-state index is 12.6. The molecule has 2 amide bonds. The summed E-state index contributed by atoms with van der Waals surface area (Å²) in [6.07, 6.45) is 5.95. The van der Waals surface area contributed by atoms with Gasteiger partial charge in [-0.25, -0.2) is 14.5 Å². The molecule has 30 heavy (non-hydrogen) atoms. The fourth-order valence-corrected chi connectivity index (χ4v) is 5.39. The molecule has 0 fully saturated rings. The molecule has 156 valence electrons. The second-order valence-electron chi connectivity index (χ2n) is 7.95. The van der Waals surface area contributed by atoms with E-state index < -0.39 is 16.2 Å². The molecule has 9 heteroatoms. The van der Waals surface area contributed by atoms with Crippen molar-refractivity contribution in [3.8, 4) is 0 Å². The molecular formula is C21H23N5O3S. The summed E-state index contributed by atoms with van der Waals surface area (Å²) in [5.74, 6) is 0.741. The zero-order valence-corrected chi connectivity index (χ0v) is 17.4. The van der Waals surface area contributed by atoms with Gasteiger partial charge in [-0.1, -0.05) is 6.07 Å². The molecule has 8 nitrogen and oxygen atoms in total. The number of aromatic nitrogens is 2. The Balaban J connectivity index is 1.34. The largest absolute Gasteiger partial charge is 0.342 e. The molecule has 4 N–H and O–H groups in total. The van der Waals surface area contributed by atoms with E-state index in [9.17, 15) is 13.2 Å². The van der Waals surface area contributed by atoms with Crippen LogP contribution in [0, 0.1) is 6.92 Å². The van der Waals surface area contributed by atoms with Gasteiger partial charge in [-0.3, -0.25) is 4.72 Å². The van der Waals surface area contributed by atoms with Gasteiger partial charge in [0.05, 0.1) is 16.7 Å². The van der Waals surface area contributed by atoms with Crippen molar-refractivity contribution in [2.75, 3.05) is 10.0 Å². The van der Waals surface area contributed by atoms with Crippen molar-refractivity contribution in [1.29, 1.82) is 0 Å². The first-order chi connectivity index (χ1) is 14.4. The monoisotopic (exact) mass is 425 g/mol. The van der Waals surface area contributed by atoms with Crippen LogP contribution in [0.25, 0.3) is 11.0 Å². The summed E-state index contributed by atoms with van der Waals surface area (Å²) in [5, 5.41) is 2.83. The Kier molecular flexibility index (Phi) is 4.43. The Morgan fingerprint density at radius 2 is 1.73 bits per heavy atom. The predicted octanol–water partition coefficient (Wildman–Crippen LogP) is 3.33. The van der Waals surface area contributed by atoms with Crippen LogP contribution < -0.4 is 14.8 Å². The summed E-state index contributed by atoms with van der Waals surface area (Å²) in [6.45, 7) is 1.83. The molecular weight excluding hydrogens is 402 g/mol. The maximum atomic E-state index is 12.6. The lowest BCUT2D eigenvalue weighted by atomic mass is 9.99. The number of imidazole rings is 1. The molecule has 1 aromatic heterocycles. The summed E-state index contributed by atoms with van der Waals surface area (Å²) in [5.41, 5.74) is 7.45. The lowest BCUT2D eigenvalue weighted by Gasteiger charge is -2.17. The van der Waals surface area contributed by atoms with Gasteiger partial charge in [-0.15, -0.1) is 0 Å². The number of hydrogen-bond acceptors (Lipinski definition) is 4. The van der Waals surface area contributed by atoms with Gasteiger partial charge in [-0.2, -0.15) is 8.42 Å². The number of carbonyl (C=O) groups excluding carboxylic acids is 1. The molecule has 0 aliphatic heterocycles. The number of nitrogens with one attached hydrogen (secondary N) is 4. The molecule has 0 atom stereocenters. The van der Waals surface area contributed by atoms with Crippen LogP contribution in [0.5, 0.6) is 0 Å². The van der Waals surface area contributed by atoms with Gasteiger partial charge in [0.15, 0.2) is 0 Å². The standard InChI is InChI=1S/C21H23N5O3S/c1-12-22-18-9-8-15(11-19(18)23-12)25-30(28,29)26-21(27)24-20-16-6-2-4-13(16)10-14-5-3-7-17(14)20/h8-11,25H,2-7H2,1H3,(H,22,23)(H2,24,26,27). The van der Waals surface area contributed by atoms with Gasteiger partial charge in [0.1, 0.15) is 5.82 Å². The minimum absolute atomic E-state index is 0.341. The second-order valence-corrected chi connectivity index (χ2v) is 9.36. The lowest BCUT2D eigenvalue weighted by molar-refractivity contribution is 0.256. The topological polar surface area (TPSA) is 116 Å². The van der Waals surface area contributed by atoms with E-state index in [-0.39, 0.29) is 0 Å². The smallest absolute Gasteiger partial charge is 0.334 e. The predicted molar refractivity (Wildman–Crippen MR) is 116 cm³/mol. The first kappa shape index (κ1) is 18.9. The number of aromatic amines is 1. The SMILES string of the molecule is Cc1nc2ccc(NS(=O)(=O)NC(=O)Nc3c4c(cc5c3CCC5)CCC4)cc2[nH]1. The van der Waals surface area contributed by atoms with E-state index in [0.29, 0.717) is 11.2 Å². The molecule has 1 heterocycles. The molecule has 0 saturated heterocycles. The Hall–Kier alpha value is -3.07. The third-order valence-corrected chi connectivity index (χ3v) is 6.75. The van der Waals surface area contributed by atoms with E-state index in [1.807, 2.05) is 6.92 Å². The van der Waals surface area contributed by atoms with Crippen LogP contribution in [0.3, 0.4) is 0 Å². The number of carbonyl (C=O) groups is 1. The second kappa shape index (κ2) is 7.02. The third-order valence-electron chi connectivity index (χ3n) is 5.79. The summed E-state index contributed by atoms with van der Waals surface area (Å²) in [7, 11) is -4.09. The molecule has 2 aliphatic rings. The number of benzene rings is 2. The van der Waals surface area contributed by atoms with E-state index in [1.165, 1.54) is 11.1 Å². The lowest BCUT2D eigenvalue weighted by Crippen LogP contribution is -2.38. The molecule has 0 saturated carbocycles. The number of urea groups is 1. The molecule has 0 unspecified atom stereocenters. The molecule has 2 aliphatic carbocycles. The zero-order valence-electron chi connectivity index (χ0n) is 16.6. The van der Waals surface area contributed by atoms with Crippen LogP contribution in [0.4, 0.5) is 16.2 Å². The van der Waals surface area contributed by atoms with Crippen LogP contribution >= 0.6 is 0 Å². The van der Waals surface area contributed by atoms with Crippen molar-refractivity contribution < 1.29 is 13.2 Å². The summed E-state index contributed by atoms with van der Waals surface area (Å²) >= 11 is 0. The van der Waals surface area contributed by atoms with Crippen LogP contribution in [0.15, 0.2) is 24.3 Å². The minimum Gasteiger partial charge on any atom is -0.342 e. The first-order valence-electron chi connectivity index (χ1n) is 10.1. The Morgan fingerprint density at radius 3 is 2.43 bits per heavy atom. The van der Waals surface area contributed by atoms with Crippen molar-refractivity contribution in [3.05, 3.63) is 52.3 Å². The van der Waals surface area contributed by atoms with Crippen LogP contribution in [0.2, 0.25) is 0 Å². The van der Waals surface area contributed by atoms with Gasteiger partial charge in [0.25, 0.3) is 0 Å². The van der Waals surface area contributed by atoms with Gasteiger partial charge in [0.2, 0.25) is 0 Å². The summed E-state index contributed by atoms with van der Waals surface area (Å²) < 4.78 is 29.5. The van der Waals surface area contributed by atoms with Crippen LogP contribution in [0.1, 0.15) is 40.9 Å². The van der Waals surface area contributed by atoms with Gasteiger partial charge >= 0.3 is 16.2 Å². The fourth-order valence-electron chi connectivity index (χ4n) is 4.61. The number of anilines is 2. The van der Waals surface area contributed by atoms with Crippen molar-refractivity contribution in [2.24, 2.45) is 0 Å². The summed E-state index contributed by atoms with van der Waals surface area (Å²) in [4.78, 5) is 19.9. The number of nitrogens with zero attached hydrogens (tertiary/aromatic N) is 1. The molecule has 0 spiro atoms. The van der Waals surface area contributed by atoms with Crippen molar-refractivity contribution >= 4 is 38.6 Å². The Labute approximate surface area is 174 Å². The van der Waals surface area contributed by atoms with Crippen molar-refractivity contribution in [2.45, 2.75) is 45.4 Å². The molecule has 5 rings (SSSR count). The Morgan fingerprint density at radius 1 is 1.03 bits per heavy atom. The van der Waals surface area contributed by atoms with Crippen LogP contribution in [-0.4, -0.2) is 24.4 Å². The number of aryl methyl sites for hydroxylation is 3. The minimum atomic E-state index is -4.09. The number of fused-ring (bicyclic) bond motifs is 3. The number of amides is 2. The zero-order chi connectivity index (χ0) is 20.9. The van der Waals surface area contributed by atoms with Crippen molar-refractivity contribution in [3.63, 3.8) is 0 Å². The normalized spacial score (nSPS) is 15.1. The number of hydrogen-bond donors (Lipinski definition) is 4. The highest BCUT2D eigenvalue weighted by molar-refractivity contribution is 7.91. The quantitative estimate of drug-likeness (QED) is 0.513. The van der Waals surface area contributed by atoms with E-state index in [0.717, 1.165) is 66.7 Å². The highest BCUT2D eigenvalue weighted by atomic mass is 32.2. The fraction of sp³-hybridized carbons (Fsp3) is 0.333. The van der Waals surface area contributed by atoms with E-state index >= 15 is 0 Å². The third kappa shape index (κ3) is 3.49. The molecule has 0 radical (unpaired) electrons. The van der Waals surface area contributed by atoms with Crippen LogP contribution in [-0.2, 0) is 35.9 Å². The Bertz CT molecular complexity index is 1250. The molecule has 0 bridgehead atoms. The maximum Gasteiger partial charge on any atom is 0.334 e. The van der Waals surface area contributed by atoms with Gasteiger partial charge < -0.3 is 10.3 Å². The highest BCUT2D eigenvalue weighted by Gasteiger charge is 2.26. The summed E-state index contributed by atoms with van der Waals surface area (Å²) in [6, 6.07) is 6.47. The average molecular weight is 426 g/mol. The molecule has 2 aromatic carbocycles. The van der Waals surface area contributed by atoms with Crippen molar-refractivity contribution in [1.82, 2.24) is 14.7 Å². The first-order valence-corrected chi connectivity index (χ1v) is 11.6. The number of H-pyrrole nitrogens is 1. The average Bonchev–Trinajstić information content (AvgIpc) is 3.38. The molecule has 3 aromatic rings. The van der Waals surface area contributed by atoms with E-state index in [4.69, 9.17) is 0 Å². The van der Waals surface area contributed by atoms with E-state index in [1.54, 1.807) is 18.2 Å². The number of rotatable bonds is 4. The van der Waals surface area contributed by atoms with Gasteiger partial charge in [-0.05, 0) is 85.9 Å². The van der Waals surface area contributed by atoms with E-state index in [2.05, 4.69) is 30.8 Å². The van der Waals surface area contributed by atoms with Gasteiger partial charge in [0, 0.05) is 5.69 Å².